The number of hydrogen-bond donors (Lipinski definition) is 2. The SMILES string of the molecule is CCc1cc(NC(CC)CC(=O)O)nc(C)n1. The molecule has 0 amide bonds. The number of aryl methyl sites for hydroxylation is 2. The molecule has 5 heteroatoms. The van der Waals surface area contributed by atoms with E-state index in [2.05, 4.69) is 15.3 Å². The van der Waals surface area contributed by atoms with Gasteiger partial charge in [-0.25, -0.2) is 9.97 Å². The molecule has 0 fully saturated rings. The van der Waals surface area contributed by atoms with Gasteiger partial charge >= 0.3 is 5.97 Å². The molecule has 1 unspecified atom stereocenters. The lowest BCUT2D eigenvalue weighted by molar-refractivity contribution is -0.137. The summed E-state index contributed by atoms with van der Waals surface area (Å²) in [4.78, 5) is 19.2. The van der Waals surface area contributed by atoms with E-state index >= 15 is 0 Å². The molecule has 5 nitrogen and oxygen atoms in total. The molecule has 1 aromatic rings. The molecule has 0 aromatic carbocycles. The van der Waals surface area contributed by atoms with Crippen LogP contribution in [0.4, 0.5) is 5.82 Å². The number of anilines is 1. The lowest BCUT2D eigenvalue weighted by Gasteiger charge is -2.16. The number of aliphatic carboxylic acids is 1. The maximum Gasteiger partial charge on any atom is 0.305 e. The van der Waals surface area contributed by atoms with Gasteiger partial charge in [0.15, 0.2) is 0 Å². The molecule has 1 heterocycles. The lowest BCUT2D eigenvalue weighted by atomic mass is 10.1. The van der Waals surface area contributed by atoms with Crippen molar-refractivity contribution >= 4 is 11.8 Å². The summed E-state index contributed by atoms with van der Waals surface area (Å²) >= 11 is 0. The van der Waals surface area contributed by atoms with E-state index < -0.39 is 5.97 Å². The van der Waals surface area contributed by atoms with E-state index in [4.69, 9.17) is 5.11 Å². The second kappa shape index (κ2) is 6.18. The predicted octanol–water partition coefficient (Wildman–Crippen LogP) is 2.01. The van der Waals surface area contributed by atoms with E-state index in [1.54, 1.807) is 0 Å². The summed E-state index contributed by atoms with van der Waals surface area (Å²) in [5.41, 5.74) is 0.963. The molecule has 1 atom stereocenters. The number of carboxylic acids is 1. The Bertz CT molecular complexity index is 393. The fourth-order valence-electron chi connectivity index (χ4n) is 1.60. The van der Waals surface area contributed by atoms with Crippen LogP contribution < -0.4 is 5.32 Å². The maximum absolute atomic E-state index is 10.7. The summed E-state index contributed by atoms with van der Waals surface area (Å²) in [6.45, 7) is 5.82. The van der Waals surface area contributed by atoms with E-state index in [9.17, 15) is 4.79 Å². The first-order chi connectivity index (χ1) is 8.05. The van der Waals surface area contributed by atoms with Crippen molar-refractivity contribution in [2.75, 3.05) is 5.32 Å². The van der Waals surface area contributed by atoms with Crippen LogP contribution >= 0.6 is 0 Å². The highest BCUT2D eigenvalue weighted by atomic mass is 16.4. The Morgan fingerprint density at radius 2 is 2.18 bits per heavy atom. The molecule has 0 saturated carbocycles. The number of carboxylic acid groups (broad SMARTS) is 1. The molecule has 1 rings (SSSR count). The van der Waals surface area contributed by atoms with Crippen LogP contribution in [0.3, 0.4) is 0 Å². The normalized spacial score (nSPS) is 12.2. The first-order valence-corrected chi connectivity index (χ1v) is 5.88. The number of nitrogens with one attached hydrogen (secondary N) is 1. The standard InChI is InChI=1S/C12H19N3O2/c1-4-9-6-11(14-8(3)13-9)15-10(5-2)7-12(16)17/h6,10H,4-5,7H2,1-3H3,(H,16,17)(H,13,14,15). The van der Waals surface area contributed by atoms with Gasteiger partial charge in [-0.3, -0.25) is 4.79 Å². The number of nitrogens with zero attached hydrogens (tertiary/aromatic N) is 2. The quantitative estimate of drug-likeness (QED) is 0.791. The zero-order chi connectivity index (χ0) is 12.8. The smallest absolute Gasteiger partial charge is 0.305 e. The van der Waals surface area contributed by atoms with Crippen LogP contribution in [0.2, 0.25) is 0 Å². The predicted molar refractivity (Wildman–Crippen MR) is 66.1 cm³/mol. The van der Waals surface area contributed by atoms with E-state index in [0.717, 1.165) is 18.5 Å². The van der Waals surface area contributed by atoms with Crippen molar-refractivity contribution in [2.24, 2.45) is 0 Å². The monoisotopic (exact) mass is 237 g/mol. The lowest BCUT2D eigenvalue weighted by Crippen LogP contribution is -2.23. The van der Waals surface area contributed by atoms with Crippen LogP contribution in [0, 0.1) is 6.92 Å². The molecule has 0 saturated heterocycles. The van der Waals surface area contributed by atoms with Crippen LogP contribution in [-0.4, -0.2) is 27.1 Å². The van der Waals surface area contributed by atoms with Crippen LogP contribution in [0.1, 0.15) is 38.2 Å². The molecule has 0 bridgehead atoms. The second-order valence-electron chi connectivity index (χ2n) is 3.99. The average Bonchev–Trinajstić information content (AvgIpc) is 2.26. The van der Waals surface area contributed by atoms with Gasteiger partial charge in [0.25, 0.3) is 0 Å². The van der Waals surface area contributed by atoms with Gasteiger partial charge in [-0.05, 0) is 19.8 Å². The van der Waals surface area contributed by atoms with E-state index in [-0.39, 0.29) is 12.5 Å². The van der Waals surface area contributed by atoms with Crippen LogP contribution in [0.5, 0.6) is 0 Å². The topological polar surface area (TPSA) is 75.1 Å². The van der Waals surface area contributed by atoms with Crippen LogP contribution in [0.15, 0.2) is 6.07 Å². The van der Waals surface area contributed by atoms with Gasteiger partial charge in [-0.15, -0.1) is 0 Å². The van der Waals surface area contributed by atoms with Crippen molar-refractivity contribution < 1.29 is 9.90 Å². The highest BCUT2D eigenvalue weighted by Crippen LogP contribution is 2.11. The highest BCUT2D eigenvalue weighted by Gasteiger charge is 2.12. The van der Waals surface area contributed by atoms with Crippen molar-refractivity contribution in [3.63, 3.8) is 0 Å². The Morgan fingerprint density at radius 1 is 1.47 bits per heavy atom. The average molecular weight is 237 g/mol. The van der Waals surface area contributed by atoms with E-state index in [0.29, 0.717) is 11.6 Å². The van der Waals surface area contributed by atoms with Crippen molar-refractivity contribution in [3.8, 4) is 0 Å². The van der Waals surface area contributed by atoms with Crippen molar-refractivity contribution in [1.29, 1.82) is 0 Å². The third-order valence-electron chi connectivity index (χ3n) is 2.52. The third kappa shape index (κ3) is 4.38. The number of carbonyl (C=O) groups is 1. The van der Waals surface area contributed by atoms with Crippen LogP contribution in [0.25, 0.3) is 0 Å². The minimum Gasteiger partial charge on any atom is -0.481 e. The fourth-order valence-corrected chi connectivity index (χ4v) is 1.60. The molecule has 1 aromatic heterocycles. The summed E-state index contributed by atoms with van der Waals surface area (Å²) < 4.78 is 0. The van der Waals surface area contributed by atoms with Crippen molar-refractivity contribution in [3.05, 3.63) is 17.6 Å². The summed E-state index contributed by atoms with van der Waals surface area (Å²) in [5.74, 6) is 0.616. The van der Waals surface area contributed by atoms with Gasteiger partial charge in [-0.2, -0.15) is 0 Å². The van der Waals surface area contributed by atoms with Gasteiger partial charge < -0.3 is 10.4 Å². The zero-order valence-corrected chi connectivity index (χ0v) is 10.5. The van der Waals surface area contributed by atoms with Crippen molar-refractivity contribution in [2.45, 2.75) is 46.1 Å². The Labute approximate surface area is 101 Å². The molecule has 2 N–H and O–H groups in total. The zero-order valence-electron chi connectivity index (χ0n) is 10.5. The molecule has 17 heavy (non-hydrogen) atoms. The van der Waals surface area contributed by atoms with Crippen LogP contribution in [-0.2, 0) is 11.2 Å². The van der Waals surface area contributed by atoms with Crippen molar-refractivity contribution in [1.82, 2.24) is 9.97 Å². The third-order valence-corrected chi connectivity index (χ3v) is 2.52. The molecule has 0 aliphatic carbocycles. The van der Waals surface area contributed by atoms with Gasteiger partial charge in [0.05, 0.1) is 6.42 Å². The number of hydrogen-bond acceptors (Lipinski definition) is 4. The minimum absolute atomic E-state index is 0.0912. The van der Waals surface area contributed by atoms with E-state index in [1.807, 2.05) is 26.8 Å². The Kier molecular flexibility index (Phi) is 4.87. The van der Waals surface area contributed by atoms with Gasteiger partial charge in [0, 0.05) is 17.8 Å². The van der Waals surface area contributed by atoms with Gasteiger partial charge in [0.2, 0.25) is 0 Å². The largest absolute Gasteiger partial charge is 0.481 e. The van der Waals surface area contributed by atoms with Gasteiger partial charge in [0.1, 0.15) is 11.6 Å². The minimum atomic E-state index is -0.800. The molecular formula is C12H19N3O2. The number of rotatable bonds is 6. The Balaban J connectivity index is 2.78. The first-order valence-electron chi connectivity index (χ1n) is 5.88. The summed E-state index contributed by atoms with van der Waals surface area (Å²) in [7, 11) is 0. The number of aromatic nitrogens is 2. The summed E-state index contributed by atoms with van der Waals surface area (Å²) in [5, 5.41) is 11.9. The first kappa shape index (κ1) is 13.4. The molecule has 0 radical (unpaired) electrons. The highest BCUT2D eigenvalue weighted by molar-refractivity contribution is 5.68. The molecule has 0 aliphatic heterocycles. The second-order valence-corrected chi connectivity index (χ2v) is 3.99. The molecule has 0 aliphatic rings. The molecule has 94 valence electrons. The summed E-state index contributed by atoms with van der Waals surface area (Å²) in [6.07, 6.45) is 1.69. The Hall–Kier alpha value is -1.65. The fraction of sp³-hybridized carbons (Fsp3) is 0.583. The van der Waals surface area contributed by atoms with E-state index in [1.165, 1.54) is 0 Å². The summed E-state index contributed by atoms with van der Waals surface area (Å²) in [6, 6.07) is 1.78. The molecule has 0 spiro atoms. The maximum atomic E-state index is 10.7. The Morgan fingerprint density at radius 3 is 2.71 bits per heavy atom. The molecular weight excluding hydrogens is 218 g/mol. The van der Waals surface area contributed by atoms with Gasteiger partial charge in [-0.1, -0.05) is 13.8 Å².